The number of hydrogen-bond donors (Lipinski definition) is 1. The standard InChI is InChI=1S/C14H24N2O/c1-5-12(10-15-2)11-16(3)13-7-6-8-14(9-13)17-4/h6-9,12,15H,5,10-11H2,1-4H3. The molecular weight excluding hydrogens is 212 g/mol. The fraction of sp³-hybridized carbons (Fsp3) is 0.571. The lowest BCUT2D eigenvalue weighted by Crippen LogP contribution is -2.31. The van der Waals surface area contributed by atoms with Crippen molar-refractivity contribution in [1.29, 1.82) is 0 Å². The van der Waals surface area contributed by atoms with Gasteiger partial charge in [-0.3, -0.25) is 0 Å². The maximum Gasteiger partial charge on any atom is 0.120 e. The van der Waals surface area contributed by atoms with E-state index in [2.05, 4.69) is 36.3 Å². The number of nitrogens with zero attached hydrogens (tertiary/aromatic N) is 1. The fourth-order valence-electron chi connectivity index (χ4n) is 1.97. The lowest BCUT2D eigenvalue weighted by Gasteiger charge is -2.25. The van der Waals surface area contributed by atoms with Crippen LogP contribution in [-0.4, -0.2) is 34.3 Å². The summed E-state index contributed by atoms with van der Waals surface area (Å²) in [5, 5.41) is 3.25. The molecule has 1 rings (SSSR count). The van der Waals surface area contributed by atoms with Crippen LogP contribution < -0.4 is 15.0 Å². The van der Waals surface area contributed by atoms with E-state index in [0.717, 1.165) is 18.8 Å². The van der Waals surface area contributed by atoms with Gasteiger partial charge in [0.15, 0.2) is 0 Å². The molecule has 0 fully saturated rings. The van der Waals surface area contributed by atoms with Gasteiger partial charge >= 0.3 is 0 Å². The van der Waals surface area contributed by atoms with E-state index in [1.165, 1.54) is 12.1 Å². The van der Waals surface area contributed by atoms with E-state index in [1.807, 2.05) is 19.2 Å². The van der Waals surface area contributed by atoms with Crippen LogP contribution in [0.4, 0.5) is 5.69 Å². The number of hydrogen-bond acceptors (Lipinski definition) is 3. The largest absolute Gasteiger partial charge is 0.497 e. The molecule has 1 unspecified atom stereocenters. The third-order valence-electron chi connectivity index (χ3n) is 3.10. The SMILES string of the molecule is CCC(CNC)CN(C)c1cccc(OC)c1. The Kier molecular flexibility index (Phi) is 5.84. The summed E-state index contributed by atoms with van der Waals surface area (Å²) in [7, 11) is 5.84. The first-order valence-corrected chi connectivity index (χ1v) is 6.21. The second kappa shape index (κ2) is 7.17. The van der Waals surface area contributed by atoms with Crippen molar-refractivity contribution >= 4 is 5.69 Å². The molecule has 0 aliphatic rings. The van der Waals surface area contributed by atoms with E-state index in [4.69, 9.17) is 4.74 Å². The van der Waals surface area contributed by atoms with Crippen LogP contribution in [-0.2, 0) is 0 Å². The molecule has 0 aliphatic carbocycles. The van der Waals surface area contributed by atoms with Crippen LogP contribution in [0.15, 0.2) is 24.3 Å². The smallest absolute Gasteiger partial charge is 0.120 e. The molecule has 0 aromatic heterocycles. The first-order valence-electron chi connectivity index (χ1n) is 6.21. The number of nitrogens with one attached hydrogen (secondary N) is 1. The van der Waals surface area contributed by atoms with Crippen molar-refractivity contribution in [3.05, 3.63) is 24.3 Å². The van der Waals surface area contributed by atoms with Gasteiger partial charge in [-0.25, -0.2) is 0 Å². The van der Waals surface area contributed by atoms with Gasteiger partial charge in [0.1, 0.15) is 5.75 Å². The van der Waals surface area contributed by atoms with Crippen LogP contribution in [0.25, 0.3) is 0 Å². The highest BCUT2D eigenvalue weighted by molar-refractivity contribution is 5.50. The molecule has 3 heteroatoms. The molecule has 96 valence electrons. The number of ether oxygens (including phenoxy) is 1. The highest BCUT2D eigenvalue weighted by atomic mass is 16.5. The van der Waals surface area contributed by atoms with Crippen LogP contribution in [0.2, 0.25) is 0 Å². The summed E-state index contributed by atoms with van der Waals surface area (Å²) in [6.45, 7) is 4.36. The van der Waals surface area contributed by atoms with Crippen LogP contribution in [0, 0.1) is 5.92 Å². The molecule has 1 aromatic carbocycles. The highest BCUT2D eigenvalue weighted by Gasteiger charge is 2.09. The van der Waals surface area contributed by atoms with Gasteiger partial charge in [0.25, 0.3) is 0 Å². The predicted octanol–water partition coefficient (Wildman–Crippen LogP) is 2.38. The molecular formula is C14H24N2O. The zero-order chi connectivity index (χ0) is 12.7. The molecule has 1 N–H and O–H groups in total. The molecule has 0 heterocycles. The molecule has 1 atom stereocenters. The third-order valence-corrected chi connectivity index (χ3v) is 3.10. The van der Waals surface area contributed by atoms with Gasteiger partial charge in [-0.1, -0.05) is 19.4 Å². The molecule has 0 saturated carbocycles. The minimum Gasteiger partial charge on any atom is -0.497 e. The summed E-state index contributed by atoms with van der Waals surface area (Å²) in [4.78, 5) is 2.29. The van der Waals surface area contributed by atoms with Crippen molar-refractivity contribution in [3.8, 4) is 5.75 Å². The highest BCUT2D eigenvalue weighted by Crippen LogP contribution is 2.20. The average Bonchev–Trinajstić information content (AvgIpc) is 2.38. The average molecular weight is 236 g/mol. The van der Waals surface area contributed by atoms with Crippen molar-refractivity contribution in [3.63, 3.8) is 0 Å². The summed E-state index contributed by atoms with van der Waals surface area (Å²) in [6, 6.07) is 8.20. The number of rotatable bonds is 7. The van der Waals surface area contributed by atoms with Crippen LogP contribution >= 0.6 is 0 Å². The van der Waals surface area contributed by atoms with Gasteiger partial charge in [0.05, 0.1) is 7.11 Å². The van der Waals surface area contributed by atoms with Gasteiger partial charge in [0.2, 0.25) is 0 Å². The normalized spacial score (nSPS) is 12.2. The van der Waals surface area contributed by atoms with Crippen molar-refractivity contribution in [2.75, 3.05) is 39.2 Å². The Balaban J connectivity index is 2.64. The Hall–Kier alpha value is -1.22. The quantitative estimate of drug-likeness (QED) is 0.786. The van der Waals surface area contributed by atoms with Gasteiger partial charge in [-0.15, -0.1) is 0 Å². The molecule has 1 aromatic rings. The lowest BCUT2D eigenvalue weighted by atomic mass is 10.1. The van der Waals surface area contributed by atoms with Crippen molar-refractivity contribution < 1.29 is 4.74 Å². The number of benzene rings is 1. The molecule has 0 amide bonds. The van der Waals surface area contributed by atoms with Crippen LogP contribution in [0.3, 0.4) is 0 Å². The number of methoxy groups -OCH3 is 1. The van der Waals surface area contributed by atoms with Crippen LogP contribution in [0.5, 0.6) is 5.75 Å². The second-order valence-corrected chi connectivity index (χ2v) is 4.41. The summed E-state index contributed by atoms with van der Waals surface area (Å²) < 4.78 is 5.24. The summed E-state index contributed by atoms with van der Waals surface area (Å²) in [5.74, 6) is 1.59. The zero-order valence-corrected chi connectivity index (χ0v) is 11.4. The van der Waals surface area contributed by atoms with Crippen molar-refractivity contribution in [1.82, 2.24) is 5.32 Å². The molecule has 0 saturated heterocycles. The first-order chi connectivity index (χ1) is 8.21. The maximum absolute atomic E-state index is 5.24. The summed E-state index contributed by atoms with van der Waals surface area (Å²) >= 11 is 0. The maximum atomic E-state index is 5.24. The Labute approximate surface area is 105 Å². The van der Waals surface area contributed by atoms with Gasteiger partial charge in [0, 0.05) is 25.3 Å². The van der Waals surface area contributed by atoms with Crippen molar-refractivity contribution in [2.45, 2.75) is 13.3 Å². The fourth-order valence-corrected chi connectivity index (χ4v) is 1.97. The second-order valence-electron chi connectivity index (χ2n) is 4.41. The van der Waals surface area contributed by atoms with E-state index in [-0.39, 0.29) is 0 Å². The van der Waals surface area contributed by atoms with Gasteiger partial charge in [-0.2, -0.15) is 0 Å². The lowest BCUT2D eigenvalue weighted by molar-refractivity contribution is 0.414. The first kappa shape index (κ1) is 13.8. The summed E-state index contributed by atoms with van der Waals surface area (Å²) in [5.41, 5.74) is 1.21. The monoisotopic (exact) mass is 236 g/mol. The van der Waals surface area contributed by atoms with Crippen molar-refractivity contribution in [2.24, 2.45) is 5.92 Å². The van der Waals surface area contributed by atoms with Crippen LogP contribution in [0.1, 0.15) is 13.3 Å². The summed E-state index contributed by atoms with van der Waals surface area (Å²) in [6.07, 6.45) is 1.19. The minimum atomic E-state index is 0.677. The van der Waals surface area contributed by atoms with Gasteiger partial charge < -0.3 is 15.0 Å². The molecule has 0 radical (unpaired) electrons. The van der Waals surface area contributed by atoms with E-state index in [9.17, 15) is 0 Å². The molecule has 17 heavy (non-hydrogen) atoms. The minimum absolute atomic E-state index is 0.677. The Morgan fingerprint density at radius 1 is 1.41 bits per heavy atom. The molecule has 0 aliphatic heterocycles. The molecule has 0 spiro atoms. The van der Waals surface area contributed by atoms with E-state index >= 15 is 0 Å². The Bertz CT molecular complexity index is 328. The van der Waals surface area contributed by atoms with Gasteiger partial charge in [-0.05, 0) is 31.6 Å². The zero-order valence-electron chi connectivity index (χ0n) is 11.4. The molecule has 3 nitrogen and oxygen atoms in total. The third kappa shape index (κ3) is 4.27. The molecule has 0 bridgehead atoms. The Morgan fingerprint density at radius 3 is 2.76 bits per heavy atom. The van der Waals surface area contributed by atoms with E-state index in [0.29, 0.717) is 5.92 Å². The predicted molar refractivity (Wildman–Crippen MR) is 74.0 cm³/mol. The van der Waals surface area contributed by atoms with E-state index < -0.39 is 0 Å². The van der Waals surface area contributed by atoms with E-state index in [1.54, 1.807) is 7.11 Å². The number of anilines is 1. The Morgan fingerprint density at radius 2 is 2.18 bits per heavy atom. The topological polar surface area (TPSA) is 24.5 Å².